The predicted octanol–water partition coefficient (Wildman–Crippen LogP) is 2.87. The second-order valence-corrected chi connectivity index (χ2v) is 7.21. The molecule has 110 valence electrons. The van der Waals surface area contributed by atoms with Gasteiger partial charge in [0.05, 0.1) is 5.56 Å². The third-order valence-corrected chi connectivity index (χ3v) is 4.50. The molecule has 0 aliphatic carbocycles. The van der Waals surface area contributed by atoms with Gasteiger partial charge < -0.3 is 10.2 Å². The van der Waals surface area contributed by atoms with Gasteiger partial charge in [-0.05, 0) is 18.6 Å². The zero-order valence-corrected chi connectivity index (χ0v) is 13.2. The second-order valence-electron chi connectivity index (χ2n) is 5.33. The van der Waals surface area contributed by atoms with Crippen LogP contribution in [0.2, 0.25) is 0 Å². The Hall–Kier alpha value is -1.23. The minimum absolute atomic E-state index is 0.0959. The summed E-state index contributed by atoms with van der Waals surface area (Å²) in [6.07, 6.45) is 2.74. The Morgan fingerprint density at radius 1 is 1.40 bits per heavy atom. The van der Waals surface area contributed by atoms with E-state index in [1.54, 1.807) is 6.20 Å². The molecule has 20 heavy (non-hydrogen) atoms. The number of thioether (sulfide) groups is 1. The van der Waals surface area contributed by atoms with Crippen molar-refractivity contribution < 1.29 is 4.79 Å². The molecule has 4 nitrogen and oxygen atoms in total. The maximum atomic E-state index is 12.5. The van der Waals surface area contributed by atoms with Gasteiger partial charge in [0, 0.05) is 36.3 Å². The molecule has 1 fully saturated rings. The molecule has 0 radical (unpaired) electrons. The van der Waals surface area contributed by atoms with E-state index in [2.05, 4.69) is 31.1 Å². The number of anilines is 1. The predicted molar refractivity (Wildman–Crippen MR) is 85.4 cm³/mol. The molecular weight excluding hydrogens is 270 g/mol. The fourth-order valence-corrected chi connectivity index (χ4v) is 3.73. The third kappa shape index (κ3) is 3.88. The number of aromatic nitrogens is 1. The summed E-state index contributed by atoms with van der Waals surface area (Å²) < 4.78 is 0. The van der Waals surface area contributed by atoms with Gasteiger partial charge in [-0.2, -0.15) is 11.8 Å². The standard InChI is InChI=1S/C15H23N3OS/c1-4-7-16-14-6-5-13(8-17-14)15(19)18-9-11(2)20-12(3)10-18/h5-6,8,11-12H,4,7,9-10H2,1-3H3,(H,16,17). The van der Waals surface area contributed by atoms with Gasteiger partial charge in [0.25, 0.3) is 5.91 Å². The summed E-state index contributed by atoms with van der Waals surface area (Å²) >= 11 is 1.95. The van der Waals surface area contributed by atoms with Crippen LogP contribution in [0.4, 0.5) is 5.82 Å². The summed E-state index contributed by atoms with van der Waals surface area (Å²) in [5.74, 6) is 0.929. The number of carbonyl (C=O) groups excluding carboxylic acids is 1. The van der Waals surface area contributed by atoms with Crippen LogP contribution in [-0.2, 0) is 0 Å². The zero-order chi connectivity index (χ0) is 14.5. The third-order valence-electron chi connectivity index (χ3n) is 3.27. The number of carbonyl (C=O) groups is 1. The number of amides is 1. The molecule has 1 aromatic heterocycles. The summed E-state index contributed by atoms with van der Waals surface area (Å²) in [6, 6.07) is 3.75. The van der Waals surface area contributed by atoms with E-state index in [0.717, 1.165) is 31.9 Å². The van der Waals surface area contributed by atoms with E-state index >= 15 is 0 Å². The second kappa shape index (κ2) is 6.97. The van der Waals surface area contributed by atoms with Crippen molar-refractivity contribution in [2.45, 2.75) is 37.7 Å². The molecule has 1 saturated heterocycles. The molecule has 2 atom stereocenters. The van der Waals surface area contributed by atoms with Crippen molar-refractivity contribution in [2.24, 2.45) is 0 Å². The first kappa shape index (κ1) is 15.2. The molecule has 0 aromatic carbocycles. The fraction of sp³-hybridized carbons (Fsp3) is 0.600. The van der Waals surface area contributed by atoms with Crippen molar-refractivity contribution in [2.75, 3.05) is 25.0 Å². The smallest absolute Gasteiger partial charge is 0.255 e. The first-order chi connectivity index (χ1) is 9.60. The molecule has 2 unspecified atom stereocenters. The molecular formula is C15H23N3OS. The molecule has 0 spiro atoms. The van der Waals surface area contributed by atoms with Gasteiger partial charge in [-0.3, -0.25) is 4.79 Å². The van der Waals surface area contributed by atoms with Crippen molar-refractivity contribution >= 4 is 23.5 Å². The Morgan fingerprint density at radius 3 is 2.65 bits per heavy atom. The lowest BCUT2D eigenvalue weighted by Crippen LogP contribution is -2.44. The van der Waals surface area contributed by atoms with E-state index < -0.39 is 0 Å². The molecule has 0 bridgehead atoms. The van der Waals surface area contributed by atoms with E-state index in [-0.39, 0.29) is 5.91 Å². The molecule has 5 heteroatoms. The van der Waals surface area contributed by atoms with Gasteiger partial charge in [-0.15, -0.1) is 0 Å². The van der Waals surface area contributed by atoms with Crippen LogP contribution in [0.15, 0.2) is 18.3 Å². The molecule has 1 N–H and O–H groups in total. The number of nitrogens with zero attached hydrogens (tertiary/aromatic N) is 2. The molecule has 0 saturated carbocycles. The largest absolute Gasteiger partial charge is 0.370 e. The minimum atomic E-state index is 0.0959. The minimum Gasteiger partial charge on any atom is -0.370 e. The SMILES string of the molecule is CCCNc1ccc(C(=O)N2CC(C)SC(C)C2)cn1. The Bertz CT molecular complexity index is 439. The lowest BCUT2D eigenvalue weighted by atomic mass is 10.2. The number of nitrogens with one attached hydrogen (secondary N) is 1. The van der Waals surface area contributed by atoms with Gasteiger partial charge >= 0.3 is 0 Å². The maximum absolute atomic E-state index is 12.5. The van der Waals surface area contributed by atoms with Crippen LogP contribution in [0.5, 0.6) is 0 Å². The van der Waals surface area contributed by atoms with E-state index in [4.69, 9.17) is 0 Å². The zero-order valence-electron chi connectivity index (χ0n) is 12.4. The lowest BCUT2D eigenvalue weighted by molar-refractivity contribution is 0.0753. The highest BCUT2D eigenvalue weighted by molar-refractivity contribution is 8.00. The monoisotopic (exact) mass is 293 g/mol. The van der Waals surface area contributed by atoms with E-state index in [0.29, 0.717) is 16.1 Å². The van der Waals surface area contributed by atoms with Crippen molar-refractivity contribution in [3.8, 4) is 0 Å². The highest BCUT2D eigenvalue weighted by atomic mass is 32.2. The van der Waals surface area contributed by atoms with Crippen molar-refractivity contribution in [1.82, 2.24) is 9.88 Å². The Kier molecular flexibility index (Phi) is 5.29. The van der Waals surface area contributed by atoms with Gasteiger partial charge in [-0.1, -0.05) is 20.8 Å². The van der Waals surface area contributed by atoms with Crippen LogP contribution in [0.1, 0.15) is 37.6 Å². The van der Waals surface area contributed by atoms with Crippen LogP contribution < -0.4 is 5.32 Å². The van der Waals surface area contributed by atoms with Gasteiger partial charge in [0.1, 0.15) is 5.82 Å². The highest BCUT2D eigenvalue weighted by Gasteiger charge is 2.26. The van der Waals surface area contributed by atoms with Crippen LogP contribution in [-0.4, -0.2) is 45.9 Å². The van der Waals surface area contributed by atoms with Gasteiger partial charge in [0.2, 0.25) is 0 Å². The average molecular weight is 293 g/mol. The lowest BCUT2D eigenvalue weighted by Gasteiger charge is -2.34. The topological polar surface area (TPSA) is 45.2 Å². The molecule has 1 aliphatic rings. The fourth-order valence-electron chi connectivity index (χ4n) is 2.40. The first-order valence-corrected chi connectivity index (χ1v) is 8.19. The first-order valence-electron chi connectivity index (χ1n) is 7.24. The quantitative estimate of drug-likeness (QED) is 0.927. The molecule has 2 rings (SSSR count). The van der Waals surface area contributed by atoms with Crippen molar-refractivity contribution in [3.05, 3.63) is 23.9 Å². The van der Waals surface area contributed by atoms with Gasteiger partial charge in [0.15, 0.2) is 0 Å². The molecule has 2 heterocycles. The normalized spacial score (nSPS) is 22.6. The molecule has 1 aromatic rings. The highest BCUT2D eigenvalue weighted by Crippen LogP contribution is 2.25. The van der Waals surface area contributed by atoms with Crippen LogP contribution in [0, 0.1) is 0 Å². The number of rotatable bonds is 4. The van der Waals surface area contributed by atoms with Gasteiger partial charge in [-0.25, -0.2) is 4.98 Å². The van der Waals surface area contributed by atoms with E-state index in [9.17, 15) is 4.79 Å². The number of hydrogen-bond donors (Lipinski definition) is 1. The van der Waals surface area contributed by atoms with Crippen molar-refractivity contribution in [3.63, 3.8) is 0 Å². The molecule has 1 amide bonds. The number of hydrogen-bond acceptors (Lipinski definition) is 4. The van der Waals surface area contributed by atoms with Crippen LogP contribution >= 0.6 is 11.8 Å². The summed E-state index contributed by atoms with van der Waals surface area (Å²) in [5, 5.41) is 4.22. The van der Waals surface area contributed by atoms with Crippen LogP contribution in [0.3, 0.4) is 0 Å². The Morgan fingerprint density at radius 2 is 2.10 bits per heavy atom. The van der Waals surface area contributed by atoms with Crippen molar-refractivity contribution in [1.29, 1.82) is 0 Å². The average Bonchev–Trinajstić information content (AvgIpc) is 2.44. The van der Waals surface area contributed by atoms with E-state index in [1.165, 1.54) is 0 Å². The molecule has 1 aliphatic heterocycles. The summed E-state index contributed by atoms with van der Waals surface area (Å²) in [4.78, 5) is 18.7. The Labute approximate surface area is 125 Å². The summed E-state index contributed by atoms with van der Waals surface area (Å²) in [7, 11) is 0. The number of pyridine rings is 1. The van der Waals surface area contributed by atoms with E-state index in [1.807, 2.05) is 28.8 Å². The summed E-state index contributed by atoms with van der Waals surface area (Å²) in [5.41, 5.74) is 0.679. The maximum Gasteiger partial charge on any atom is 0.255 e. The summed E-state index contributed by atoms with van der Waals surface area (Å²) in [6.45, 7) is 9.01. The Balaban J connectivity index is 2.01. The van der Waals surface area contributed by atoms with Crippen LogP contribution in [0.25, 0.3) is 0 Å².